The lowest BCUT2D eigenvalue weighted by atomic mass is 9.82. The van der Waals surface area contributed by atoms with Crippen molar-refractivity contribution in [2.24, 2.45) is 7.05 Å². The van der Waals surface area contributed by atoms with Crippen molar-refractivity contribution in [2.45, 2.75) is 37.4 Å². The van der Waals surface area contributed by atoms with Crippen molar-refractivity contribution in [3.63, 3.8) is 0 Å². The molecule has 6 heteroatoms. The van der Waals surface area contributed by atoms with Gasteiger partial charge in [-0.2, -0.15) is 0 Å². The van der Waals surface area contributed by atoms with E-state index >= 15 is 0 Å². The summed E-state index contributed by atoms with van der Waals surface area (Å²) in [7, 11) is 1.64. The van der Waals surface area contributed by atoms with Crippen LogP contribution in [0.2, 0.25) is 0 Å². The number of pyridine rings is 1. The van der Waals surface area contributed by atoms with Crippen molar-refractivity contribution in [3.05, 3.63) is 34.2 Å². The average molecular weight is 306 g/mol. The van der Waals surface area contributed by atoms with Gasteiger partial charge in [-0.1, -0.05) is 0 Å². The lowest BCUT2D eigenvalue weighted by molar-refractivity contribution is -0.174. The first kappa shape index (κ1) is 15.2. The predicted molar refractivity (Wildman–Crippen MR) is 80.7 cm³/mol. The maximum Gasteiger partial charge on any atom is 0.255 e. The Balaban J connectivity index is 1.69. The molecule has 2 saturated heterocycles. The first-order valence-electron chi connectivity index (χ1n) is 7.80. The third-order valence-electron chi connectivity index (χ3n) is 4.85. The Morgan fingerprint density at radius 2 is 2.09 bits per heavy atom. The number of hydrogen-bond acceptors (Lipinski definition) is 4. The topological polar surface area (TPSA) is 71.8 Å². The molecule has 1 unspecified atom stereocenters. The summed E-state index contributed by atoms with van der Waals surface area (Å²) in [4.78, 5) is 25.7. The molecule has 1 spiro atoms. The third kappa shape index (κ3) is 2.68. The molecule has 3 heterocycles. The average Bonchev–Trinajstić information content (AvgIpc) is 2.53. The molecule has 1 N–H and O–H groups in total. The minimum absolute atomic E-state index is 0.0734. The summed E-state index contributed by atoms with van der Waals surface area (Å²) in [5.74, 6) is -0.0734. The number of aliphatic hydroxyl groups is 1. The van der Waals surface area contributed by atoms with Crippen LogP contribution in [0.5, 0.6) is 0 Å². The Bertz CT molecular complexity index is 617. The van der Waals surface area contributed by atoms with Crippen molar-refractivity contribution in [3.8, 4) is 0 Å². The number of aromatic nitrogens is 1. The first-order chi connectivity index (χ1) is 10.5. The molecule has 2 fully saturated rings. The van der Waals surface area contributed by atoms with Crippen LogP contribution in [0, 0.1) is 0 Å². The second kappa shape index (κ2) is 5.85. The second-order valence-electron chi connectivity index (χ2n) is 6.23. The fourth-order valence-electron chi connectivity index (χ4n) is 3.38. The zero-order chi connectivity index (χ0) is 15.7. The molecule has 2 aliphatic rings. The number of rotatable bonds is 1. The number of aryl methyl sites for hydroxylation is 1. The minimum atomic E-state index is -0.474. The van der Waals surface area contributed by atoms with Crippen LogP contribution < -0.4 is 5.56 Å². The number of amides is 1. The van der Waals surface area contributed by atoms with Gasteiger partial charge in [0.15, 0.2) is 0 Å². The quantitative estimate of drug-likeness (QED) is 0.821. The van der Waals surface area contributed by atoms with E-state index in [9.17, 15) is 14.7 Å². The molecule has 1 atom stereocenters. The van der Waals surface area contributed by atoms with E-state index in [0.717, 1.165) is 12.8 Å². The molecule has 1 aromatic rings. The highest BCUT2D eigenvalue weighted by atomic mass is 16.5. The summed E-state index contributed by atoms with van der Waals surface area (Å²) in [5, 5.41) is 10.2. The van der Waals surface area contributed by atoms with Gasteiger partial charge in [-0.05, 0) is 31.7 Å². The monoisotopic (exact) mass is 306 g/mol. The van der Waals surface area contributed by atoms with Gasteiger partial charge >= 0.3 is 0 Å². The maximum absolute atomic E-state index is 12.5. The molecule has 1 amide bonds. The van der Waals surface area contributed by atoms with Crippen molar-refractivity contribution >= 4 is 5.91 Å². The summed E-state index contributed by atoms with van der Waals surface area (Å²) >= 11 is 0. The number of carbonyl (C=O) groups excluding carboxylic acids is 1. The predicted octanol–water partition coefficient (Wildman–Crippen LogP) is 0.531. The van der Waals surface area contributed by atoms with E-state index in [1.807, 2.05) is 0 Å². The molecule has 0 aliphatic carbocycles. The van der Waals surface area contributed by atoms with Crippen LogP contribution in [0.15, 0.2) is 23.1 Å². The number of likely N-dealkylation sites (tertiary alicyclic amines) is 1. The molecular weight excluding hydrogens is 284 g/mol. The zero-order valence-corrected chi connectivity index (χ0v) is 12.8. The molecular formula is C16H22N2O4. The molecule has 22 heavy (non-hydrogen) atoms. The van der Waals surface area contributed by atoms with Crippen molar-refractivity contribution in [2.75, 3.05) is 19.7 Å². The van der Waals surface area contributed by atoms with Gasteiger partial charge in [-0.25, -0.2) is 0 Å². The molecule has 0 aromatic carbocycles. The molecule has 2 aliphatic heterocycles. The van der Waals surface area contributed by atoms with Gasteiger partial charge in [0.25, 0.3) is 5.91 Å². The molecule has 0 saturated carbocycles. The van der Waals surface area contributed by atoms with E-state index in [1.165, 1.54) is 10.6 Å². The van der Waals surface area contributed by atoms with Gasteiger partial charge in [-0.3, -0.25) is 9.59 Å². The lowest BCUT2D eigenvalue weighted by Crippen LogP contribution is -2.56. The molecule has 0 bridgehead atoms. The Labute approximate surface area is 129 Å². The molecule has 3 rings (SSSR count). The largest absolute Gasteiger partial charge is 0.390 e. The highest BCUT2D eigenvalue weighted by molar-refractivity contribution is 5.94. The fourth-order valence-corrected chi connectivity index (χ4v) is 3.38. The Morgan fingerprint density at radius 1 is 1.36 bits per heavy atom. The van der Waals surface area contributed by atoms with E-state index < -0.39 is 11.7 Å². The lowest BCUT2D eigenvalue weighted by Gasteiger charge is -2.46. The van der Waals surface area contributed by atoms with Gasteiger partial charge < -0.3 is 19.3 Å². The number of nitrogens with zero attached hydrogens (tertiary/aromatic N) is 2. The van der Waals surface area contributed by atoms with Crippen LogP contribution in [0.1, 0.15) is 36.0 Å². The van der Waals surface area contributed by atoms with Crippen LogP contribution >= 0.6 is 0 Å². The van der Waals surface area contributed by atoms with Gasteiger partial charge in [-0.15, -0.1) is 0 Å². The first-order valence-corrected chi connectivity index (χ1v) is 7.80. The Morgan fingerprint density at radius 3 is 2.73 bits per heavy atom. The summed E-state index contributed by atoms with van der Waals surface area (Å²) in [6.07, 6.45) is 4.12. The molecule has 120 valence electrons. The van der Waals surface area contributed by atoms with Crippen molar-refractivity contribution in [1.29, 1.82) is 0 Å². The van der Waals surface area contributed by atoms with E-state index in [0.29, 0.717) is 38.1 Å². The third-order valence-corrected chi connectivity index (χ3v) is 4.85. The highest BCUT2D eigenvalue weighted by Crippen LogP contribution is 2.35. The van der Waals surface area contributed by atoms with Crippen LogP contribution in [-0.2, 0) is 11.8 Å². The highest BCUT2D eigenvalue weighted by Gasteiger charge is 2.44. The Kier molecular flexibility index (Phi) is 4.06. The van der Waals surface area contributed by atoms with E-state index in [-0.39, 0.29) is 11.5 Å². The minimum Gasteiger partial charge on any atom is -0.390 e. The molecule has 0 radical (unpaired) electrons. The van der Waals surface area contributed by atoms with Crippen LogP contribution in [0.25, 0.3) is 0 Å². The second-order valence-corrected chi connectivity index (χ2v) is 6.23. The van der Waals surface area contributed by atoms with Gasteiger partial charge in [0.05, 0.1) is 17.3 Å². The number of aliphatic hydroxyl groups excluding tert-OH is 1. The smallest absolute Gasteiger partial charge is 0.255 e. The van der Waals surface area contributed by atoms with Gasteiger partial charge in [0, 0.05) is 39.0 Å². The standard InChI is InChI=1S/C16H22N2O4/c1-17-11-12(4-5-14(17)20)15(21)18-8-6-16(7-9-18)13(19)3-2-10-22-16/h4-5,11,13,19H,2-3,6-10H2,1H3. The molecule has 6 nitrogen and oxygen atoms in total. The summed E-state index contributed by atoms with van der Waals surface area (Å²) in [5.41, 5.74) is -0.0884. The fraction of sp³-hybridized carbons (Fsp3) is 0.625. The summed E-state index contributed by atoms with van der Waals surface area (Å²) in [6, 6.07) is 2.98. The molecule has 1 aromatic heterocycles. The van der Waals surface area contributed by atoms with E-state index in [1.54, 1.807) is 24.2 Å². The van der Waals surface area contributed by atoms with Gasteiger partial charge in [0.1, 0.15) is 0 Å². The van der Waals surface area contributed by atoms with Gasteiger partial charge in [0.2, 0.25) is 5.56 Å². The van der Waals surface area contributed by atoms with Crippen molar-refractivity contribution in [1.82, 2.24) is 9.47 Å². The number of carbonyl (C=O) groups is 1. The van der Waals surface area contributed by atoms with Crippen LogP contribution in [-0.4, -0.2) is 51.9 Å². The zero-order valence-electron chi connectivity index (χ0n) is 12.8. The van der Waals surface area contributed by atoms with E-state index in [2.05, 4.69) is 0 Å². The number of ether oxygens (including phenoxy) is 1. The van der Waals surface area contributed by atoms with E-state index in [4.69, 9.17) is 4.74 Å². The number of hydrogen-bond donors (Lipinski definition) is 1. The van der Waals surface area contributed by atoms with Crippen molar-refractivity contribution < 1.29 is 14.6 Å². The normalized spacial score (nSPS) is 24.5. The maximum atomic E-state index is 12.5. The van der Waals surface area contributed by atoms with Crippen LogP contribution in [0.3, 0.4) is 0 Å². The Hall–Kier alpha value is -1.66. The summed E-state index contributed by atoms with van der Waals surface area (Å²) < 4.78 is 7.26. The summed E-state index contributed by atoms with van der Waals surface area (Å²) in [6.45, 7) is 1.82. The van der Waals surface area contributed by atoms with Crippen LogP contribution in [0.4, 0.5) is 0 Å². The number of piperidine rings is 1. The SMILES string of the molecule is Cn1cc(C(=O)N2CCC3(CC2)OCCCC3O)ccc1=O.